The second kappa shape index (κ2) is 9.16. The molecule has 26 heavy (non-hydrogen) atoms. The largest absolute Gasteiger partial charge is 0.467 e. The molecule has 2 atom stereocenters. The van der Waals surface area contributed by atoms with E-state index in [1.807, 2.05) is 0 Å². The summed E-state index contributed by atoms with van der Waals surface area (Å²) in [6, 6.07) is 6.54. The predicted molar refractivity (Wildman–Crippen MR) is 89.2 cm³/mol. The van der Waals surface area contributed by atoms with Gasteiger partial charge >= 0.3 is 12.1 Å². The topological polar surface area (TPSA) is 117 Å². The fraction of sp³-hybridized carbons (Fsp3) is 0.471. The Hall–Kier alpha value is -2.65. The molecule has 2 rings (SSSR count). The highest BCUT2D eigenvalue weighted by molar-refractivity contribution is 5.90. The Labute approximate surface area is 150 Å². The Morgan fingerprint density at radius 1 is 1.35 bits per heavy atom. The fourth-order valence-electron chi connectivity index (χ4n) is 2.79. The Morgan fingerprint density at radius 2 is 2.04 bits per heavy atom. The number of hydrogen-bond donors (Lipinski definition) is 2. The van der Waals surface area contributed by atoms with E-state index in [-0.39, 0.29) is 26.3 Å². The van der Waals surface area contributed by atoms with Gasteiger partial charge in [0.05, 0.1) is 26.9 Å². The molecule has 9 heteroatoms. The van der Waals surface area contributed by atoms with Crippen LogP contribution < -0.4 is 0 Å². The van der Waals surface area contributed by atoms with E-state index in [1.165, 1.54) is 0 Å². The maximum absolute atomic E-state index is 13.1. The molecule has 142 valence electrons. The van der Waals surface area contributed by atoms with Crippen LogP contribution in [0.4, 0.5) is 4.79 Å². The number of carboxylic acid groups (broad SMARTS) is 1. The number of carbonyl (C=O) groups excluding carboxylic acids is 2. The van der Waals surface area contributed by atoms with Crippen LogP contribution in [0, 0.1) is 0 Å². The molecule has 1 saturated heterocycles. The molecule has 0 spiro atoms. The van der Waals surface area contributed by atoms with Crippen LogP contribution in [0.25, 0.3) is 0 Å². The Bertz CT molecular complexity index is 637. The first kappa shape index (κ1) is 19.7. The highest BCUT2D eigenvalue weighted by atomic mass is 16.5. The molecule has 0 saturated carbocycles. The highest BCUT2D eigenvalue weighted by Gasteiger charge is 2.39. The molecular formula is C17H22N2O7. The number of nitrogens with zero attached hydrogens (tertiary/aromatic N) is 2. The average molecular weight is 366 g/mol. The molecule has 1 aliphatic rings. The van der Waals surface area contributed by atoms with Crippen molar-refractivity contribution >= 4 is 18.0 Å². The monoisotopic (exact) mass is 366 g/mol. The minimum Gasteiger partial charge on any atom is -0.467 e. The lowest BCUT2D eigenvalue weighted by Crippen LogP contribution is -2.59. The van der Waals surface area contributed by atoms with E-state index in [2.05, 4.69) is 4.74 Å². The third kappa shape index (κ3) is 4.50. The molecule has 1 heterocycles. The summed E-state index contributed by atoms with van der Waals surface area (Å²) < 4.78 is 9.93. The zero-order chi connectivity index (χ0) is 19.1. The van der Waals surface area contributed by atoms with Gasteiger partial charge in [0.1, 0.15) is 6.04 Å². The lowest BCUT2D eigenvalue weighted by atomic mass is 10.1. The maximum atomic E-state index is 13.1. The number of hydrogen-bond acceptors (Lipinski definition) is 6. The molecule has 1 fully saturated rings. The van der Waals surface area contributed by atoms with E-state index in [9.17, 15) is 24.6 Å². The summed E-state index contributed by atoms with van der Waals surface area (Å²) in [6.45, 7) is -0.506. The molecule has 0 radical (unpaired) electrons. The Balaban J connectivity index is 2.33. The zero-order valence-corrected chi connectivity index (χ0v) is 14.4. The summed E-state index contributed by atoms with van der Waals surface area (Å²) in [5, 5.41) is 19.0. The first-order valence-electron chi connectivity index (χ1n) is 8.10. The molecule has 0 aromatic heterocycles. The minimum atomic E-state index is -1.25. The summed E-state index contributed by atoms with van der Waals surface area (Å²) >= 11 is 0. The first-order valence-corrected chi connectivity index (χ1v) is 8.10. The molecule has 2 amide bonds. The van der Waals surface area contributed by atoms with Crippen molar-refractivity contribution in [2.75, 3.05) is 33.5 Å². The van der Waals surface area contributed by atoms with Gasteiger partial charge in [-0.3, -0.25) is 9.69 Å². The Morgan fingerprint density at radius 3 is 2.62 bits per heavy atom. The van der Waals surface area contributed by atoms with Crippen LogP contribution in [-0.2, 0) is 25.6 Å². The van der Waals surface area contributed by atoms with Gasteiger partial charge in [0, 0.05) is 13.1 Å². The van der Waals surface area contributed by atoms with Gasteiger partial charge in [-0.15, -0.1) is 0 Å². The molecule has 0 aliphatic carbocycles. The van der Waals surface area contributed by atoms with Gasteiger partial charge in [-0.1, -0.05) is 30.3 Å². The van der Waals surface area contributed by atoms with Crippen LogP contribution in [0.15, 0.2) is 30.3 Å². The number of rotatable bonds is 6. The Kier molecular flexibility index (Phi) is 6.93. The van der Waals surface area contributed by atoms with Gasteiger partial charge in [-0.05, 0) is 5.56 Å². The number of ether oxygens (including phenoxy) is 2. The zero-order valence-electron chi connectivity index (χ0n) is 14.4. The van der Waals surface area contributed by atoms with Crippen LogP contribution in [0.1, 0.15) is 5.56 Å². The third-order valence-electron chi connectivity index (χ3n) is 4.16. The quantitative estimate of drug-likeness (QED) is 0.677. The lowest BCUT2D eigenvalue weighted by Gasteiger charge is -2.37. The number of aliphatic hydroxyl groups is 1. The van der Waals surface area contributed by atoms with Crippen molar-refractivity contribution in [3.05, 3.63) is 35.9 Å². The lowest BCUT2D eigenvalue weighted by molar-refractivity contribution is -0.159. The number of carbonyl (C=O) groups is 3. The van der Waals surface area contributed by atoms with E-state index in [1.54, 1.807) is 30.3 Å². The van der Waals surface area contributed by atoms with Crippen LogP contribution in [-0.4, -0.2) is 83.5 Å². The van der Waals surface area contributed by atoms with E-state index >= 15 is 0 Å². The summed E-state index contributed by atoms with van der Waals surface area (Å²) in [6.07, 6.45) is -1.25. The van der Waals surface area contributed by atoms with Crippen molar-refractivity contribution in [2.24, 2.45) is 0 Å². The van der Waals surface area contributed by atoms with E-state index in [0.717, 1.165) is 22.5 Å². The smallest absolute Gasteiger partial charge is 0.408 e. The SMILES string of the molecule is COC(=O)[C@@H](CO)N(Cc1ccccc1)C(=O)[C@H]1COCCN1C(=O)O. The normalized spacial score (nSPS) is 18.1. The number of morpholine rings is 1. The molecule has 2 N–H and O–H groups in total. The molecule has 1 aromatic rings. The number of esters is 1. The van der Waals surface area contributed by atoms with Gasteiger partial charge in [0.15, 0.2) is 6.04 Å². The summed E-state index contributed by atoms with van der Waals surface area (Å²) in [5.74, 6) is -1.41. The van der Waals surface area contributed by atoms with Crippen molar-refractivity contribution in [1.82, 2.24) is 9.80 Å². The van der Waals surface area contributed by atoms with Gasteiger partial charge in [-0.25, -0.2) is 9.59 Å². The van der Waals surface area contributed by atoms with Crippen molar-refractivity contribution in [1.29, 1.82) is 0 Å². The maximum Gasteiger partial charge on any atom is 0.408 e. The van der Waals surface area contributed by atoms with E-state index < -0.39 is 36.7 Å². The van der Waals surface area contributed by atoms with Gasteiger partial charge in [0.25, 0.3) is 0 Å². The average Bonchev–Trinajstić information content (AvgIpc) is 2.67. The third-order valence-corrected chi connectivity index (χ3v) is 4.16. The number of benzene rings is 1. The van der Waals surface area contributed by atoms with Crippen LogP contribution in [0.5, 0.6) is 0 Å². The van der Waals surface area contributed by atoms with E-state index in [0.29, 0.717) is 0 Å². The summed E-state index contributed by atoms with van der Waals surface area (Å²) in [7, 11) is 1.16. The molecule has 1 aliphatic heterocycles. The van der Waals surface area contributed by atoms with Crippen molar-refractivity contribution in [2.45, 2.75) is 18.6 Å². The predicted octanol–water partition coefficient (Wildman–Crippen LogP) is -0.0721. The number of methoxy groups -OCH3 is 1. The van der Waals surface area contributed by atoms with Crippen molar-refractivity contribution in [3.8, 4) is 0 Å². The second-order valence-corrected chi connectivity index (χ2v) is 5.74. The summed E-state index contributed by atoms with van der Waals surface area (Å²) in [5.41, 5.74) is 0.724. The molecule has 0 bridgehead atoms. The molecular weight excluding hydrogens is 344 g/mol. The summed E-state index contributed by atoms with van der Waals surface area (Å²) in [4.78, 5) is 38.7. The van der Waals surface area contributed by atoms with Gasteiger partial charge in [-0.2, -0.15) is 0 Å². The number of aliphatic hydroxyl groups excluding tert-OH is 1. The number of amides is 2. The van der Waals surface area contributed by atoms with Crippen molar-refractivity contribution < 1.29 is 34.1 Å². The molecule has 1 aromatic carbocycles. The van der Waals surface area contributed by atoms with Crippen LogP contribution in [0.3, 0.4) is 0 Å². The second-order valence-electron chi connectivity index (χ2n) is 5.74. The standard InChI is InChI=1S/C17H22N2O7/c1-25-16(22)13(10-20)19(9-12-5-3-2-4-6-12)15(21)14-11-26-8-7-18(14)17(23)24/h2-6,13-14,20H,7-11H2,1H3,(H,23,24)/t13-,14-/m1/s1. The molecule has 0 unspecified atom stereocenters. The highest BCUT2D eigenvalue weighted by Crippen LogP contribution is 2.17. The fourth-order valence-corrected chi connectivity index (χ4v) is 2.79. The first-order chi connectivity index (χ1) is 12.5. The van der Waals surface area contributed by atoms with Crippen LogP contribution >= 0.6 is 0 Å². The van der Waals surface area contributed by atoms with Crippen LogP contribution in [0.2, 0.25) is 0 Å². The molecule has 9 nitrogen and oxygen atoms in total. The van der Waals surface area contributed by atoms with E-state index in [4.69, 9.17) is 4.74 Å². The van der Waals surface area contributed by atoms with Gasteiger partial charge in [0.2, 0.25) is 5.91 Å². The van der Waals surface area contributed by atoms with Gasteiger partial charge < -0.3 is 24.6 Å². The van der Waals surface area contributed by atoms with Crippen molar-refractivity contribution in [3.63, 3.8) is 0 Å². The minimum absolute atomic E-state index is 0.0178.